The third-order valence-corrected chi connectivity index (χ3v) is 15.7. The number of aryl methyl sites for hydroxylation is 2. The molecule has 4 fully saturated rings. The van der Waals surface area contributed by atoms with E-state index in [-0.39, 0.29) is 36.1 Å². The molecule has 30 nitrogen and oxygen atoms in total. The first kappa shape index (κ1) is 56.0. The highest BCUT2D eigenvalue weighted by Crippen LogP contribution is 2.37. The van der Waals surface area contributed by atoms with Gasteiger partial charge in [-0.2, -0.15) is 19.9 Å². The number of nitrogens with one attached hydrogen (secondary N) is 8. The first-order valence-corrected chi connectivity index (χ1v) is 28.0. The Morgan fingerprint density at radius 3 is 1.27 bits per heavy atom. The van der Waals surface area contributed by atoms with E-state index in [1.54, 1.807) is 26.5 Å². The number of nitrogens with zero attached hydrogens (tertiary/aromatic N) is 12. The lowest BCUT2D eigenvalue weighted by molar-refractivity contribution is -0.138. The number of rotatable bonds is 22. The van der Waals surface area contributed by atoms with Crippen LogP contribution in [-0.2, 0) is 46.0 Å². The molecule has 0 unspecified atom stereocenters. The molecule has 0 bridgehead atoms. The van der Waals surface area contributed by atoms with E-state index in [1.807, 2.05) is 35.6 Å². The molecule has 2 saturated carbocycles. The summed E-state index contributed by atoms with van der Waals surface area (Å²) in [7, 11) is 3.79. The highest BCUT2D eigenvalue weighted by molar-refractivity contribution is 5.86. The third-order valence-electron chi connectivity index (χ3n) is 15.7. The summed E-state index contributed by atoms with van der Waals surface area (Å²) >= 11 is 0. The van der Waals surface area contributed by atoms with Crippen LogP contribution in [0.5, 0.6) is 0 Å². The second-order valence-electron chi connectivity index (χ2n) is 21.6. The number of carbonyl (C=O) groups excluding carboxylic acids is 2. The minimum absolute atomic E-state index is 0.0563. The Labute approximate surface area is 469 Å². The monoisotopic (exact) mass is 1130 g/mol. The number of carbonyl (C=O) groups is 2. The first-order valence-electron chi connectivity index (χ1n) is 28.0. The van der Waals surface area contributed by atoms with Crippen LogP contribution in [0.1, 0.15) is 89.1 Å². The maximum Gasteiger partial charge on any atom is 0.253 e. The molecular formula is C52H70N20O10. The van der Waals surface area contributed by atoms with Crippen LogP contribution in [0.3, 0.4) is 0 Å². The molecule has 4 aliphatic rings. The Balaban J connectivity index is 0.721. The highest BCUT2D eigenvalue weighted by atomic mass is 16.6. The Bertz CT molecular complexity index is 3240. The van der Waals surface area contributed by atoms with Gasteiger partial charge in [0, 0.05) is 89.7 Å². The van der Waals surface area contributed by atoms with Crippen molar-refractivity contribution >= 4 is 69.0 Å². The molecule has 438 valence electrons. The van der Waals surface area contributed by atoms with Gasteiger partial charge in [0.1, 0.15) is 35.8 Å². The molecule has 30 heteroatoms. The molecule has 2 saturated heterocycles. The number of hydrogen-bond acceptors (Lipinski definition) is 24. The van der Waals surface area contributed by atoms with Crippen molar-refractivity contribution in [2.24, 2.45) is 14.1 Å². The molecule has 7 aromatic rings. The Morgan fingerprint density at radius 1 is 0.537 bits per heavy atom. The van der Waals surface area contributed by atoms with Gasteiger partial charge in [-0.15, -0.1) is 0 Å². The quantitative estimate of drug-likeness (QED) is 0.0381. The van der Waals surface area contributed by atoms with Gasteiger partial charge in [0.25, 0.3) is 22.7 Å². The van der Waals surface area contributed by atoms with Crippen LogP contribution >= 0.6 is 0 Å². The summed E-state index contributed by atoms with van der Waals surface area (Å²) in [6, 6.07) is -0.282. The smallest absolute Gasteiger partial charge is 0.253 e. The number of aliphatic hydroxyl groups excluding tert-OH is 4. The van der Waals surface area contributed by atoms with Crippen molar-refractivity contribution in [2.45, 2.75) is 151 Å². The maximum absolute atomic E-state index is 13.1. The Kier molecular flexibility index (Phi) is 16.3. The van der Waals surface area contributed by atoms with Crippen molar-refractivity contribution < 1.29 is 39.5 Å². The van der Waals surface area contributed by atoms with E-state index in [0.29, 0.717) is 136 Å². The second-order valence-corrected chi connectivity index (χ2v) is 21.6. The summed E-state index contributed by atoms with van der Waals surface area (Å²) in [5.74, 6) is 0.342. The van der Waals surface area contributed by atoms with E-state index in [4.69, 9.17) is 29.4 Å². The lowest BCUT2D eigenvalue weighted by Crippen LogP contribution is -2.43. The van der Waals surface area contributed by atoms with Gasteiger partial charge in [0.05, 0.1) is 36.7 Å². The van der Waals surface area contributed by atoms with Crippen molar-refractivity contribution in [1.82, 2.24) is 68.8 Å². The predicted octanol–water partition coefficient (Wildman–Crippen LogP) is -0.481. The van der Waals surface area contributed by atoms with Crippen molar-refractivity contribution in [3.8, 4) is 0 Å². The number of fused-ring (bicyclic) bond motifs is 2. The molecule has 11 rings (SSSR count). The summed E-state index contributed by atoms with van der Waals surface area (Å²) in [5, 5.41) is 69.6. The zero-order chi connectivity index (χ0) is 57.3. The van der Waals surface area contributed by atoms with E-state index < -0.39 is 71.8 Å². The van der Waals surface area contributed by atoms with Crippen molar-refractivity contribution in [3.63, 3.8) is 0 Å². The van der Waals surface area contributed by atoms with Crippen LogP contribution in [0.15, 0.2) is 47.3 Å². The number of amides is 2. The van der Waals surface area contributed by atoms with Gasteiger partial charge in [-0.1, -0.05) is 0 Å². The molecule has 0 spiro atoms. The highest BCUT2D eigenvalue weighted by Gasteiger charge is 2.49. The van der Waals surface area contributed by atoms with Crippen LogP contribution < -0.4 is 53.4 Å². The van der Waals surface area contributed by atoms with Crippen LogP contribution in [-0.4, -0.2) is 177 Å². The zero-order valence-electron chi connectivity index (χ0n) is 45.9. The average Bonchev–Trinajstić information content (AvgIpc) is 3.00. The average molecular weight is 1140 g/mol. The molecule has 2 aliphatic heterocycles. The molecule has 8 heterocycles. The Morgan fingerprint density at radius 2 is 0.915 bits per heavy atom. The normalized spacial score (nSPS) is 26.5. The number of aromatic nitrogens is 12. The SMILES string of the molecule is CCNC(=O)[C@H]1O[C@@H](n2cnc3c(N[C@H]4CC[C@H](Nc5c(N[C@H]6CC[C@H](Nc7nc(NCCc8cn(C)cn8)nc8c7ncn8[C@@H]7O[C@H](C(=O)NCC)[C@@H](O)[C@H]7O)CC6)c(=O)c5=O)CC4)nc(NCCc4cn(C)cn4)nc32)[C@H](O)[C@@H]1O. The summed E-state index contributed by atoms with van der Waals surface area (Å²) in [6.45, 7) is 5.04. The maximum atomic E-state index is 13.1. The number of ether oxygens (including phenoxy) is 2. The molecule has 8 atom stereocenters. The zero-order valence-corrected chi connectivity index (χ0v) is 45.9. The molecule has 12 N–H and O–H groups in total. The molecule has 1 aromatic carbocycles. The van der Waals surface area contributed by atoms with Gasteiger partial charge in [0.15, 0.2) is 58.6 Å². The number of anilines is 6. The second kappa shape index (κ2) is 23.9. The fourth-order valence-corrected chi connectivity index (χ4v) is 11.3. The largest absolute Gasteiger partial charge is 0.387 e. The number of hydrogen-bond donors (Lipinski definition) is 12. The lowest BCUT2D eigenvalue weighted by atomic mass is 9.90. The molecule has 2 amide bonds. The molecule has 0 radical (unpaired) electrons. The molecule has 82 heavy (non-hydrogen) atoms. The van der Waals surface area contributed by atoms with Gasteiger partial charge in [0.2, 0.25) is 11.9 Å². The lowest BCUT2D eigenvalue weighted by Gasteiger charge is -2.33. The number of likely N-dealkylation sites (N-methyl/N-ethyl adjacent to an activating group) is 2. The van der Waals surface area contributed by atoms with Crippen LogP contribution in [0, 0.1) is 0 Å². The number of imidazole rings is 4. The van der Waals surface area contributed by atoms with Gasteiger partial charge in [-0.3, -0.25) is 28.3 Å². The summed E-state index contributed by atoms with van der Waals surface area (Å²) < 4.78 is 18.6. The van der Waals surface area contributed by atoms with Crippen LogP contribution in [0.2, 0.25) is 0 Å². The van der Waals surface area contributed by atoms with Crippen molar-refractivity contribution in [2.75, 3.05) is 58.1 Å². The van der Waals surface area contributed by atoms with E-state index in [2.05, 4.69) is 62.5 Å². The predicted molar refractivity (Wildman–Crippen MR) is 299 cm³/mol. The van der Waals surface area contributed by atoms with Gasteiger partial charge >= 0.3 is 0 Å². The fourth-order valence-electron chi connectivity index (χ4n) is 11.3. The first-order chi connectivity index (χ1) is 39.6. The minimum atomic E-state index is -1.49. The summed E-state index contributed by atoms with van der Waals surface area (Å²) in [6.07, 6.45) is 5.98. The van der Waals surface area contributed by atoms with Crippen LogP contribution in [0.25, 0.3) is 22.3 Å². The van der Waals surface area contributed by atoms with Crippen molar-refractivity contribution in [1.29, 1.82) is 0 Å². The topological polar surface area (TPSA) is 387 Å². The third kappa shape index (κ3) is 11.5. The fraction of sp³-hybridized carbons (Fsp3) is 0.577. The standard InChI is InChI=1S/C52H70N20O10/c1-5-53-47(79)41-37(75)39(77)49(81-41)71-23-59-33-43(65-51(67-45(33)71)55-17-15-29-19-69(3)21-57-29)63-27-11-7-25(8-12-27)61-31-32(36(74)35(31)73)62-26-9-13-28(14-10-26)64-44-34-46(68-52(66-44)56-18-16-30-20-70(4)22-58-30)72(24-60-34)50-40(78)38(76)42(82-50)48(80)54-6-2/h19-28,37-42,49-50,61-62,75-78H,5-18H2,1-4H3,(H,53,79)(H,54,80)(H2,55,63,65,67)(H2,56,64,66,68)/t25-,26-,27-,28-,37-,38-,39+,40+,41-,42-,49+,50+/m0/s1. The summed E-state index contributed by atoms with van der Waals surface area (Å²) in [4.78, 5) is 88.9. The van der Waals surface area contributed by atoms with Crippen LogP contribution in [0.4, 0.5) is 34.9 Å². The van der Waals surface area contributed by atoms with Crippen molar-refractivity contribution in [3.05, 3.63) is 69.5 Å². The summed E-state index contributed by atoms with van der Waals surface area (Å²) in [5.41, 5.74) is 2.66. The number of aliphatic hydroxyl groups is 4. The van der Waals surface area contributed by atoms with E-state index in [9.17, 15) is 39.6 Å². The van der Waals surface area contributed by atoms with E-state index in [0.717, 1.165) is 11.4 Å². The molecule has 2 aliphatic carbocycles. The minimum Gasteiger partial charge on any atom is -0.387 e. The van der Waals surface area contributed by atoms with Gasteiger partial charge < -0.3 is 81.6 Å². The van der Waals surface area contributed by atoms with E-state index in [1.165, 1.54) is 21.8 Å². The van der Waals surface area contributed by atoms with Gasteiger partial charge in [-0.05, 0) is 65.2 Å². The van der Waals surface area contributed by atoms with E-state index >= 15 is 0 Å². The molecule has 6 aromatic heterocycles. The Hall–Kier alpha value is -7.90. The molecular weight excluding hydrogens is 1060 g/mol. The van der Waals surface area contributed by atoms with Gasteiger partial charge in [-0.25, -0.2) is 19.9 Å².